The molecule has 0 aliphatic carbocycles. The summed E-state index contributed by atoms with van der Waals surface area (Å²) in [5, 5.41) is 9.76. The average Bonchev–Trinajstić information content (AvgIpc) is 3.20. The molecule has 1 aromatic heterocycles. The van der Waals surface area contributed by atoms with E-state index in [0.717, 1.165) is 11.3 Å². The van der Waals surface area contributed by atoms with Gasteiger partial charge in [0.15, 0.2) is 0 Å². The van der Waals surface area contributed by atoms with Crippen molar-refractivity contribution in [2.24, 2.45) is 7.05 Å². The first-order valence-electron chi connectivity index (χ1n) is 12.5. The Morgan fingerprint density at radius 1 is 1.03 bits per heavy atom. The van der Waals surface area contributed by atoms with E-state index in [9.17, 15) is 19.2 Å². The van der Waals surface area contributed by atoms with E-state index in [0.29, 0.717) is 58.9 Å². The summed E-state index contributed by atoms with van der Waals surface area (Å²) in [5.74, 6) is 0.176. The molecule has 0 N–H and O–H groups in total. The number of hydrogen-bond acceptors (Lipinski definition) is 7. The van der Waals surface area contributed by atoms with Gasteiger partial charge < -0.3 is 9.80 Å². The number of rotatable bonds is 5. The number of benzene rings is 2. The van der Waals surface area contributed by atoms with E-state index in [4.69, 9.17) is 12.2 Å². The Morgan fingerprint density at radius 2 is 1.67 bits per heavy atom. The van der Waals surface area contributed by atoms with Gasteiger partial charge in [-0.15, -0.1) is 0 Å². The molecule has 10 heteroatoms. The van der Waals surface area contributed by atoms with E-state index in [1.807, 2.05) is 36.4 Å². The average molecular weight is 560 g/mol. The zero-order valence-corrected chi connectivity index (χ0v) is 23.2. The molecule has 2 fully saturated rings. The largest absolute Gasteiger partial charge is 0.368 e. The van der Waals surface area contributed by atoms with E-state index in [-0.39, 0.29) is 22.8 Å². The number of aromatic nitrogens is 1. The first-order valence-corrected chi connectivity index (χ1v) is 13.7. The van der Waals surface area contributed by atoms with Crippen molar-refractivity contribution in [2.45, 2.75) is 13.5 Å². The molecule has 2 aliphatic rings. The monoisotopic (exact) mass is 559 g/mol. The Balaban J connectivity index is 1.48. The van der Waals surface area contributed by atoms with E-state index in [1.54, 1.807) is 37.1 Å². The number of nitriles is 1. The molecule has 3 heterocycles. The fourth-order valence-corrected chi connectivity index (χ4v) is 6.19. The maximum absolute atomic E-state index is 13.4. The van der Waals surface area contributed by atoms with Crippen LogP contribution in [-0.2, 0) is 18.4 Å². The van der Waals surface area contributed by atoms with Crippen LogP contribution in [-0.4, -0.2) is 45.9 Å². The van der Waals surface area contributed by atoms with Crippen LogP contribution in [0.25, 0.3) is 6.08 Å². The lowest BCUT2D eigenvalue weighted by atomic mass is 10.0. The smallest absolute Gasteiger partial charge is 0.270 e. The first kappa shape index (κ1) is 26.7. The molecule has 0 spiro atoms. The minimum absolute atomic E-state index is 0.0530. The summed E-state index contributed by atoms with van der Waals surface area (Å²) in [6, 6.07) is 18.1. The summed E-state index contributed by atoms with van der Waals surface area (Å²) < 4.78 is 15.4. The molecule has 5 rings (SSSR count). The molecule has 0 atom stereocenters. The van der Waals surface area contributed by atoms with Gasteiger partial charge in [-0.3, -0.25) is 19.1 Å². The van der Waals surface area contributed by atoms with Crippen molar-refractivity contribution >= 4 is 51.8 Å². The highest BCUT2D eigenvalue weighted by Gasteiger charge is 2.33. The SMILES string of the molecule is Cc1c(/C=C2/SC(=S)N(Cc3ccccc3)C2=O)c(N2CCN(c3ccc(F)cc3)CC2)n(C)c(=O)c1C#N. The number of piperazine rings is 1. The Hall–Kier alpha value is -3.94. The third-order valence-corrected chi connectivity index (χ3v) is 8.45. The Kier molecular flexibility index (Phi) is 7.55. The molecule has 0 saturated carbocycles. The standard InChI is InChI=1S/C29H26FN5O2S2/c1-19-23(16-25-28(37)35(29(38)39-25)18-20-6-4-3-5-7-20)26(32(2)27(36)24(19)17-31)34-14-12-33(13-15-34)22-10-8-21(30)9-11-22/h3-11,16H,12-15,18H2,1-2H3/b25-16+. The Labute approximate surface area is 235 Å². The van der Waals surface area contributed by atoms with E-state index in [1.165, 1.54) is 28.5 Å². The molecule has 0 bridgehead atoms. The van der Waals surface area contributed by atoms with Gasteiger partial charge in [0.25, 0.3) is 11.5 Å². The number of halogens is 1. The zero-order chi connectivity index (χ0) is 27.7. The van der Waals surface area contributed by atoms with E-state index in [2.05, 4.69) is 9.80 Å². The van der Waals surface area contributed by atoms with E-state index < -0.39 is 0 Å². The fourth-order valence-electron chi connectivity index (χ4n) is 4.96. The van der Waals surface area contributed by atoms with Gasteiger partial charge in [0.1, 0.15) is 27.6 Å². The molecular weight excluding hydrogens is 533 g/mol. The number of hydrogen-bond donors (Lipinski definition) is 0. The highest BCUT2D eigenvalue weighted by atomic mass is 32.2. The van der Waals surface area contributed by atoms with Crippen LogP contribution in [0.3, 0.4) is 0 Å². The Morgan fingerprint density at radius 3 is 2.31 bits per heavy atom. The summed E-state index contributed by atoms with van der Waals surface area (Å²) >= 11 is 6.77. The minimum Gasteiger partial charge on any atom is -0.368 e. The van der Waals surface area contributed by atoms with Crippen molar-refractivity contribution in [2.75, 3.05) is 36.0 Å². The number of thiocarbonyl (C=S) groups is 1. The molecule has 7 nitrogen and oxygen atoms in total. The van der Waals surface area contributed by atoms with Crippen LogP contribution in [0.1, 0.15) is 22.3 Å². The highest BCUT2D eigenvalue weighted by molar-refractivity contribution is 8.26. The topological polar surface area (TPSA) is 72.6 Å². The molecule has 0 radical (unpaired) electrons. The maximum Gasteiger partial charge on any atom is 0.270 e. The lowest BCUT2D eigenvalue weighted by Gasteiger charge is -2.38. The van der Waals surface area contributed by atoms with Crippen molar-refractivity contribution in [3.05, 3.63) is 97.9 Å². The lowest BCUT2D eigenvalue weighted by Crippen LogP contribution is -2.48. The van der Waals surface area contributed by atoms with Crippen LogP contribution in [0.2, 0.25) is 0 Å². The van der Waals surface area contributed by atoms with Crippen LogP contribution in [0.5, 0.6) is 0 Å². The highest BCUT2D eigenvalue weighted by Crippen LogP contribution is 2.36. The zero-order valence-electron chi connectivity index (χ0n) is 21.6. The van der Waals surface area contributed by atoms with Crippen molar-refractivity contribution in [3.8, 4) is 6.07 Å². The lowest BCUT2D eigenvalue weighted by molar-refractivity contribution is -0.122. The second-order valence-electron chi connectivity index (χ2n) is 9.42. The molecule has 2 saturated heterocycles. The van der Waals surface area contributed by atoms with Crippen LogP contribution in [0, 0.1) is 24.1 Å². The van der Waals surface area contributed by atoms with Gasteiger partial charge in [-0.25, -0.2) is 4.39 Å². The first-order chi connectivity index (χ1) is 18.8. The van der Waals surface area contributed by atoms with Gasteiger partial charge in [-0.1, -0.05) is 54.3 Å². The molecule has 2 aromatic carbocycles. The van der Waals surface area contributed by atoms with Gasteiger partial charge in [-0.05, 0) is 48.4 Å². The molecule has 0 unspecified atom stereocenters. The molecular formula is C29H26FN5O2S2. The number of nitrogens with zero attached hydrogens (tertiary/aromatic N) is 5. The number of amides is 1. The van der Waals surface area contributed by atoms with Gasteiger partial charge in [0, 0.05) is 44.5 Å². The number of anilines is 2. The van der Waals surface area contributed by atoms with Gasteiger partial charge in [-0.2, -0.15) is 5.26 Å². The maximum atomic E-state index is 13.4. The van der Waals surface area contributed by atoms with Crippen LogP contribution in [0.4, 0.5) is 15.9 Å². The third-order valence-electron chi connectivity index (χ3n) is 7.07. The quantitative estimate of drug-likeness (QED) is 0.338. The van der Waals surface area contributed by atoms with E-state index >= 15 is 0 Å². The van der Waals surface area contributed by atoms with Crippen LogP contribution in [0.15, 0.2) is 64.3 Å². The predicted molar refractivity (Wildman–Crippen MR) is 157 cm³/mol. The molecule has 39 heavy (non-hydrogen) atoms. The van der Waals surface area contributed by atoms with Crippen molar-refractivity contribution < 1.29 is 9.18 Å². The summed E-state index contributed by atoms with van der Waals surface area (Å²) in [4.78, 5) is 32.8. The molecule has 2 aliphatic heterocycles. The Bertz CT molecular complexity index is 1570. The number of pyridine rings is 1. The number of carbonyl (C=O) groups excluding carboxylic acids is 1. The molecule has 198 valence electrons. The summed E-state index contributed by atoms with van der Waals surface area (Å²) in [5.41, 5.74) is 2.77. The third kappa shape index (κ3) is 5.20. The van der Waals surface area contributed by atoms with Gasteiger partial charge in [0.05, 0.1) is 11.4 Å². The van der Waals surface area contributed by atoms with Crippen molar-refractivity contribution in [1.82, 2.24) is 9.47 Å². The normalized spacial score (nSPS) is 16.8. The number of carbonyl (C=O) groups is 1. The van der Waals surface area contributed by atoms with Gasteiger partial charge in [0.2, 0.25) is 0 Å². The van der Waals surface area contributed by atoms with Crippen LogP contribution < -0.4 is 15.4 Å². The van der Waals surface area contributed by atoms with Gasteiger partial charge >= 0.3 is 0 Å². The minimum atomic E-state index is -0.375. The number of thioether (sulfide) groups is 1. The predicted octanol–water partition coefficient (Wildman–Crippen LogP) is 4.43. The fraction of sp³-hybridized carbons (Fsp3) is 0.241. The summed E-state index contributed by atoms with van der Waals surface area (Å²) in [6.45, 7) is 4.65. The second kappa shape index (κ2) is 11.0. The summed E-state index contributed by atoms with van der Waals surface area (Å²) in [6.07, 6.45) is 1.77. The summed E-state index contributed by atoms with van der Waals surface area (Å²) in [7, 11) is 1.66. The molecule has 1 amide bonds. The second-order valence-corrected chi connectivity index (χ2v) is 11.1. The van der Waals surface area contributed by atoms with Crippen molar-refractivity contribution in [3.63, 3.8) is 0 Å². The molecule has 3 aromatic rings. The van der Waals surface area contributed by atoms with Crippen LogP contribution >= 0.6 is 24.0 Å². The van der Waals surface area contributed by atoms with Crippen molar-refractivity contribution in [1.29, 1.82) is 5.26 Å².